The molecular formula is C17H25N3O3. The molecule has 0 aliphatic heterocycles. The van der Waals surface area contributed by atoms with Crippen LogP contribution < -0.4 is 10.8 Å². The van der Waals surface area contributed by atoms with Crippen molar-refractivity contribution in [2.75, 3.05) is 7.05 Å². The molecule has 0 aliphatic rings. The molecule has 23 heavy (non-hydrogen) atoms. The van der Waals surface area contributed by atoms with E-state index in [9.17, 15) is 9.59 Å². The molecule has 0 fully saturated rings. The highest BCUT2D eigenvalue weighted by Gasteiger charge is 2.22. The first-order chi connectivity index (χ1) is 11.1. The van der Waals surface area contributed by atoms with Crippen LogP contribution in [0.25, 0.3) is 0 Å². The van der Waals surface area contributed by atoms with E-state index in [1.54, 1.807) is 12.1 Å². The molecule has 1 rings (SSSR count). The Labute approximate surface area is 137 Å². The van der Waals surface area contributed by atoms with Gasteiger partial charge in [0, 0.05) is 18.7 Å². The number of nitrogens with zero attached hydrogens (tertiary/aromatic N) is 1. The molecule has 1 aromatic carbocycles. The Kier molecular flexibility index (Phi) is 8.18. The summed E-state index contributed by atoms with van der Waals surface area (Å²) in [7, 11) is 1.86. The largest absolute Gasteiger partial charge is 0.332 e. The maximum absolute atomic E-state index is 12.2. The van der Waals surface area contributed by atoms with Crippen LogP contribution in [0.4, 0.5) is 0 Å². The molecule has 1 atom stereocenters. The second kappa shape index (κ2) is 9.89. The van der Waals surface area contributed by atoms with Gasteiger partial charge in [-0.3, -0.25) is 14.5 Å². The van der Waals surface area contributed by atoms with Gasteiger partial charge in [0.15, 0.2) is 0 Å². The summed E-state index contributed by atoms with van der Waals surface area (Å²) >= 11 is 0. The van der Waals surface area contributed by atoms with Crippen molar-refractivity contribution in [2.45, 2.75) is 38.9 Å². The van der Waals surface area contributed by atoms with Crippen LogP contribution in [0.3, 0.4) is 0 Å². The lowest BCUT2D eigenvalue weighted by Gasteiger charge is -2.27. The molecule has 0 radical (unpaired) electrons. The molecule has 126 valence electrons. The first-order valence-electron chi connectivity index (χ1n) is 7.62. The number of amides is 1. The number of rotatable bonds is 10. The maximum atomic E-state index is 12.2. The van der Waals surface area contributed by atoms with Crippen molar-refractivity contribution >= 4 is 12.2 Å². The van der Waals surface area contributed by atoms with Crippen LogP contribution in [0.2, 0.25) is 0 Å². The predicted molar refractivity (Wildman–Crippen MR) is 89.0 cm³/mol. The zero-order valence-corrected chi connectivity index (χ0v) is 13.7. The van der Waals surface area contributed by atoms with E-state index in [0.29, 0.717) is 25.1 Å². The smallest absolute Gasteiger partial charge is 0.241 e. The lowest BCUT2D eigenvalue weighted by atomic mass is 10.0. The Morgan fingerprint density at radius 1 is 1.48 bits per heavy atom. The van der Waals surface area contributed by atoms with Crippen molar-refractivity contribution in [2.24, 2.45) is 0 Å². The van der Waals surface area contributed by atoms with Gasteiger partial charge in [-0.2, -0.15) is 0 Å². The molecule has 0 saturated heterocycles. The standard InChI is InChI=1S/C17H25N3O3/c1-4-6-16(17(22)18-5-2)20(3)11-15-9-13(10-19-23)7-8-14(15)12-21/h5,7-9,12,16,19,23H,2,4,6,10-11H2,1,3H3,(H,18,22). The fourth-order valence-electron chi connectivity index (χ4n) is 2.51. The maximum Gasteiger partial charge on any atom is 0.241 e. The van der Waals surface area contributed by atoms with Crippen LogP contribution in [0.1, 0.15) is 41.3 Å². The van der Waals surface area contributed by atoms with Crippen molar-refractivity contribution in [1.29, 1.82) is 0 Å². The SMILES string of the molecule is C=CNC(=O)C(CCC)N(C)Cc1cc(CNO)ccc1C=O. The van der Waals surface area contributed by atoms with E-state index in [1.807, 2.05) is 24.9 Å². The third kappa shape index (κ3) is 5.59. The van der Waals surface area contributed by atoms with Crippen LogP contribution in [-0.2, 0) is 17.9 Å². The van der Waals surface area contributed by atoms with E-state index in [-0.39, 0.29) is 11.9 Å². The van der Waals surface area contributed by atoms with Gasteiger partial charge in [-0.1, -0.05) is 38.1 Å². The molecular weight excluding hydrogens is 294 g/mol. The highest BCUT2D eigenvalue weighted by atomic mass is 16.5. The van der Waals surface area contributed by atoms with Gasteiger partial charge < -0.3 is 10.5 Å². The molecule has 0 spiro atoms. The number of hydrogen-bond donors (Lipinski definition) is 3. The van der Waals surface area contributed by atoms with Crippen LogP contribution in [0.5, 0.6) is 0 Å². The normalized spacial score (nSPS) is 12.0. The molecule has 6 nitrogen and oxygen atoms in total. The second-order valence-electron chi connectivity index (χ2n) is 5.42. The molecule has 0 bridgehead atoms. The Morgan fingerprint density at radius 3 is 2.78 bits per heavy atom. The van der Waals surface area contributed by atoms with Gasteiger partial charge >= 0.3 is 0 Å². The number of likely N-dealkylation sites (N-methyl/N-ethyl adjacent to an activating group) is 1. The van der Waals surface area contributed by atoms with E-state index >= 15 is 0 Å². The van der Waals surface area contributed by atoms with Gasteiger partial charge in [0.2, 0.25) is 5.91 Å². The molecule has 3 N–H and O–H groups in total. The van der Waals surface area contributed by atoms with Crippen LogP contribution >= 0.6 is 0 Å². The zero-order valence-electron chi connectivity index (χ0n) is 13.7. The Balaban J connectivity index is 2.97. The molecule has 1 amide bonds. The fraction of sp³-hybridized carbons (Fsp3) is 0.412. The Bertz CT molecular complexity index is 546. The van der Waals surface area contributed by atoms with Crippen LogP contribution in [0, 0.1) is 0 Å². The monoisotopic (exact) mass is 319 g/mol. The summed E-state index contributed by atoms with van der Waals surface area (Å²) in [5.41, 5.74) is 4.37. The number of hydroxylamine groups is 1. The van der Waals surface area contributed by atoms with Crippen molar-refractivity contribution in [3.8, 4) is 0 Å². The van der Waals surface area contributed by atoms with Gasteiger partial charge in [0.1, 0.15) is 6.29 Å². The average molecular weight is 319 g/mol. The highest BCUT2D eigenvalue weighted by Crippen LogP contribution is 2.16. The number of carbonyl (C=O) groups is 2. The quantitative estimate of drug-likeness (QED) is 0.453. The number of hydrogen-bond acceptors (Lipinski definition) is 5. The number of carbonyl (C=O) groups excluding carboxylic acids is 2. The summed E-state index contributed by atoms with van der Waals surface area (Å²) in [4.78, 5) is 25.3. The summed E-state index contributed by atoms with van der Waals surface area (Å²) < 4.78 is 0. The molecule has 0 aromatic heterocycles. The number of benzene rings is 1. The summed E-state index contributed by atoms with van der Waals surface area (Å²) in [5, 5.41) is 11.4. The highest BCUT2D eigenvalue weighted by molar-refractivity contribution is 5.82. The van der Waals surface area contributed by atoms with E-state index < -0.39 is 0 Å². The van der Waals surface area contributed by atoms with E-state index in [2.05, 4.69) is 17.4 Å². The minimum absolute atomic E-state index is 0.106. The number of nitrogens with one attached hydrogen (secondary N) is 2. The van der Waals surface area contributed by atoms with Crippen molar-refractivity contribution < 1.29 is 14.8 Å². The van der Waals surface area contributed by atoms with Gasteiger partial charge in [-0.15, -0.1) is 0 Å². The summed E-state index contributed by atoms with van der Waals surface area (Å²) in [6.45, 7) is 6.30. The fourth-order valence-corrected chi connectivity index (χ4v) is 2.51. The second-order valence-corrected chi connectivity index (χ2v) is 5.42. The van der Waals surface area contributed by atoms with E-state index in [1.165, 1.54) is 6.20 Å². The third-order valence-electron chi connectivity index (χ3n) is 3.68. The molecule has 6 heteroatoms. The minimum atomic E-state index is -0.294. The predicted octanol–water partition coefficient (Wildman–Crippen LogP) is 1.84. The Hall–Kier alpha value is -2.02. The van der Waals surface area contributed by atoms with Crippen molar-refractivity contribution in [3.63, 3.8) is 0 Å². The summed E-state index contributed by atoms with van der Waals surface area (Å²) in [6.07, 6.45) is 3.76. The topological polar surface area (TPSA) is 81.7 Å². The minimum Gasteiger partial charge on any atom is -0.332 e. The van der Waals surface area contributed by atoms with Crippen LogP contribution in [-0.4, -0.2) is 35.4 Å². The third-order valence-corrected chi connectivity index (χ3v) is 3.68. The first kappa shape index (κ1) is 19.0. The van der Waals surface area contributed by atoms with Gasteiger partial charge in [-0.25, -0.2) is 5.48 Å². The van der Waals surface area contributed by atoms with Crippen LogP contribution in [0.15, 0.2) is 31.0 Å². The van der Waals surface area contributed by atoms with Crippen molar-refractivity contribution in [3.05, 3.63) is 47.7 Å². The van der Waals surface area contributed by atoms with Crippen molar-refractivity contribution in [1.82, 2.24) is 15.7 Å². The Morgan fingerprint density at radius 2 is 2.22 bits per heavy atom. The van der Waals surface area contributed by atoms with Gasteiger partial charge in [0.05, 0.1) is 6.04 Å². The summed E-state index contributed by atoms with van der Waals surface area (Å²) in [5.74, 6) is -0.106. The van der Waals surface area contributed by atoms with E-state index in [4.69, 9.17) is 5.21 Å². The molecule has 0 aliphatic carbocycles. The molecule has 1 aromatic rings. The van der Waals surface area contributed by atoms with Gasteiger partial charge in [-0.05, 0) is 30.8 Å². The lowest BCUT2D eigenvalue weighted by molar-refractivity contribution is -0.125. The lowest BCUT2D eigenvalue weighted by Crippen LogP contribution is -2.43. The first-order valence-corrected chi connectivity index (χ1v) is 7.62. The molecule has 0 saturated carbocycles. The zero-order chi connectivity index (χ0) is 17.2. The average Bonchev–Trinajstić information content (AvgIpc) is 2.53. The molecule has 1 unspecified atom stereocenters. The summed E-state index contributed by atoms with van der Waals surface area (Å²) in [6, 6.07) is 5.07. The van der Waals surface area contributed by atoms with E-state index in [0.717, 1.165) is 23.8 Å². The molecule has 0 heterocycles. The van der Waals surface area contributed by atoms with Gasteiger partial charge in [0.25, 0.3) is 0 Å². The number of aldehydes is 1.